The molecule has 1 aliphatic heterocycles. The van der Waals surface area contributed by atoms with Gasteiger partial charge in [0.2, 0.25) is 0 Å². The van der Waals surface area contributed by atoms with E-state index in [0.29, 0.717) is 6.04 Å². The molecule has 1 aromatic heterocycles. The minimum atomic E-state index is 0.629. The lowest BCUT2D eigenvalue weighted by atomic mass is 10.1. The molecule has 1 N–H and O–H groups in total. The van der Waals surface area contributed by atoms with E-state index in [2.05, 4.69) is 40.5 Å². The highest BCUT2D eigenvalue weighted by Crippen LogP contribution is 2.33. The van der Waals surface area contributed by atoms with Crippen molar-refractivity contribution in [2.24, 2.45) is 5.92 Å². The number of fused-ring (bicyclic) bond motifs is 1. The van der Waals surface area contributed by atoms with E-state index in [9.17, 15) is 0 Å². The Morgan fingerprint density at radius 1 is 1.10 bits per heavy atom. The molecule has 1 aliphatic carbocycles. The van der Waals surface area contributed by atoms with Gasteiger partial charge < -0.3 is 10.2 Å². The molecule has 3 heteroatoms. The SMILES string of the molecule is c1ccc2c(N(CC3CC3)CC3CCCN3)nccc2c1. The van der Waals surface area contributed by atoms with Crippen LogP contribution in [-0.2, 0) is 0 Å². The highest BCUT2D eigenvalue weighted by Gasteiger charge is 2.27. The average molecular weight is 281 g/mol. The molecule has 1 atom stereocenters. The van der Waals surface area contributed by atoms with Crippen LogP contribution in [0.3, 0.4) is 0 Å². The van der Waals surface area contributed by atoms with Crippen molar-refractivity contribution in [3.8, 4) is 0 Å². The number of nitrogens with one attached hydrogen (secondary N) is 1. The minimum absolute atomic E-state index is 0.629. The van der Waals surface area contributed by atoms with E-state index in [0.717, 1.165) is 12.5 Å². The van der Waals surface area contributed by atoms with Gasteiger partial charge >= 0.3 is 0 Å². The summed E-state index contributed by atoms with van der Waals surface area (Å²) in [5.41, 5.74) is 0. The fraction of sp³-hybridized carbons (Fsp3) is 0.500. The number of hydrogen-bond acceptors (Lipinski definition) is 3. The summed E-state index contributed by atoms with van der Waals surface area (Å²) < 4.78 is 0. The van der Waals surface area contributed by atoms with Crippen LogP contribution in [0, 0.1) is 5.92 Å². The summed E-state index contributed by atoms with van der Waals surface area (Å²) in [5, 5.41) is 6.21. The second kappa shape index (κ2) is 5.64. The van der Waals surface area contributed by atoms with Crippen LogP contribution in [-0.4, -0.2) is 30.7 Å². The normalized spacial score (nSPS) is 21.8. The number of hydrogen-bond donors (Lipinski definition) is 1. The van der Waals surface area contributed by atoms with Crippen molar-refractivity contribution in [3.63, 3.8) is 0 Å². The topological polar surface area (TPSA) is 28.2 Å². The molecule has 2 aliphatic rings. The fourth-order valence-corrected chi connectivity index (χ4v) is 3.39. The molecular weight excluding hydrogens is 258 g/mol. The maximum absolute atomic E-state index is 4.73. The van der Waals surface area contributed by atoms with Crippen LogP contribution in [0.4, 0.5) is 5.82 Å². The molecule has 0 bridgehead atoms. The number of aromatic nitrogens is 1. The molecule has 2 fully saturated rings. The molecule has 1 saturated carbocycles. The third-order valence-electron chi connectivity index (χ3n) is 4.73. The number of nitrogens with zero attached hydrogens (tertiary/aromatic N) is 2. The van der Waals surface area contributed by atoms with E-state index in [-0.39, 0.29) is 0 Å². The molecule has 0 radical (unpaired) electrons. The van der Waals surface area contributed by atoms with E-state index in [1.165, 1.54) is 55.4 Å². The Balaban J connectivity index is 1.66. The van der Waals surface area contributed by atoms with Gasteiger partial charge in [0.15, 0.2) is 0 Å². The van der Waals surface area contributed by atoms with E-state index < -0.39 is 0 Å². The van der Waals surface area contributed by atoms with E-state index in [4.69, 9.17) is 4.98 Å². The van der Waals surface area contributed by atoms with Gasteiger partial charge in [0, 0.05) is 30.7 Å². The first-order valence-corrected chi connectivity index (χ1v) is 8.22. The lowest BCUT2D eigenvalue weighted by molar-refractivity contribution is 0.568. The zero-order chi connectivity index (χ0) is 14.1. The lowest BCUT2D eigenvalue weighted by Gasteiger charge is -2.28. The van der Waals surface area contributed by atoms with Crippen molar-refractivity contribution < 1.29 is 0 Å². The molecule has 2 heterocycles. The maximum Gasteiger partial charge on any atom is 0.136 e. The summed E-state index contributed by atoms with van der Waals surface area (Å²) in [4.78, 5) is 7.26. The highest BCUT2D eigenvalue weighted by atomic mass is 15.2. The van der Waals surface area contributed by atoms with E-state index in [1.807, 2.05) is 6.20 Å². The van der Waals surface area contributed by atoms with Crippen molar-refractivity contribution in [3.05, 3.63) is 36.5 Å². The van der Waals surface area contributed by atoms with Gasteiger partial charge in [-0.15, -0.1) is 0 Å². The van der Waals surface area contributed by atoms with Gasteiger partial charge in [-0.2, -0.15) is 0 Å². The Hall–Kier alpha value is -1.61. The molecule has 0 amide bonds. The first-order chi connectivity index (χ1) is 10.4. The van der Waals surface area contributed by atoms with Gasteiger partial charge in [-0.1, -0.05) is 24.3 Å². The minimum Gasteiger partial charge on any atom is -0.354 e. The lowest BCUT2D eigenvalue weighted by Crippen LogP contribution is -2.39. The quantitative estimate of drug-likeness (QED) is 0.912. The molecule has 21 heavy (non-hydrogen) atoms. The molecular formula is C18H23N3. The summed E-state index contributed by atoms with van der Waals surface area (Å²) in [6.45, 7) is 3.43. The summed E-state index contributed by atoms with van der Waals surface area (Å²) in [6, 6.07) is 11.4. The predicted molar refractivity (Wildman–Crippen MR) is 87.7 cm³/mol. The first kappa shape index (κ1) is 13.1. The number of pyridine rings is 1. The number of rotatable bonds is 5. The standard InChI is InChI=1S/C18H23N3/c1-2-6-17-15(4-1)9-11-20-18(17)21(12-14-7-8-14)13-16-5-3-10-19-16/h1-2,4,6,9,11,14,16,19H,3,5,7-8,10,12-13H2. The first-order valence-electron chi connectivity index (χ1n) is 8.22. The van der Waals surface area contributed by atoms with Crippen LogP contribution >= 0.6 is 0 Å². The highest BCUT2D eigenvalue weighted by molar-refractivity contribution is 5.92. The Bertz CT molecular complexity index is 609. The zero-order valence-electron chi connectivity index (χ0n) is 12.5. The number of benzene rings is 1. The van der Waals surface area contributed by atoms with E-state index in [1.54, 1.807) is 0 Å². The van der Waals surface area contributed by atoms with Crippen molar-refractivity contribution in [2.45, 2.75) is 31.7 Å². The molecule has 1 unspecified atom stereocenters. The van der Waals surface area contributed by atoms with Crippen LogP contribution in [0.25, 0.3) is 10.8 Å². The third kappa shape index (κ3) is 2.88. The van der Waals surface area contributed by atoms with Crippen LogP contribution in [0.5, 0.6) is 0 Å². The van der Waals surface area contributed by atoms with Crippen LogP contribution in [0.2, 0.25) is 0 Å². The summed E-state index contributed by atoms with van der Waals surface area (Å²) in [5.74, 6) is 2.06. The predicted octanol–water partition coefficient (Wildman–Crippen LogP) is 3.20. The average Bonchev–Trinajstić information content (AvgIpc) is 3.19. The molecule has 3 nitrogen and oxygen atoms in total. The van der Waals surface area contributed by atoms with Gasteiger partial charge in [-0.05, 0) is 49.6 Å². The zero-order valence-corrected chi connectivity index (χ0v) is 12.5. The Labute approximate surface area is 126 Å². The fourth-order valence-electron chi connectivity index (χ4n) is 3.39. The third-order valence-corrected chi connectivity index (χ3v) is 4.73. The summed E-state index contributed by atoms with van der Waals surface area (Å²) in [6.07, 6.45) is 7.34. The van der Waals surface area contributed by atoms with Crippen molar-refractivity contribution in [2.75, 3.05) is 24.5 Å². The summed E-state index contributed by atoms with van der Waals surface area (Å²) in [7, 11) is 0. The van der Waals surface area contributed by atoms with Gasteiger partial charge in [0.1, 0.15) is 5.82 Å². The van der Waals surface area contributed by atoms with Crippen molar-refractivity contribution in [1.82, 2.24) is 10.3 Å². The van der Waals surface area contributed by atoms with Crippen LogP contribution in [0.1, 0.15) is 25.7 Å². The van der Waals surface area contributed by atoms with Gasteiger partial charge in [0.05, 0.1) is 0 Å². The Morgan fingerprint density at radius 2 is 2.00 bits per heavy atom. The van der Waals surface area contributed by atoms with Crippen molar-refractivity contribution >= 4 is 16.6 Å². The monoisotopic (exact) mass is 281 g/mol. The summed E-state index contributed by atoms with van der Waals surface area (Å²) >= 11 is 0. The van der Waals surface area contributed by atoms with Crippen LogP contribution in [0.15, 0.2) is 36.5 Å². The maximum atomic E-state index is 4.73. The van der Waals surface area contributed by atoms with Gasteiger partial charge in [-0.3, -0.25) is 0 Å². The van der Waals surface area contributed by atoms with E-state index >= 15 is 0 Å². The largest absolute Gasteiger partial charge is 0.354 e. The molecule has 110 valence electrons. The molecule has 2 aromatic rings. The molecule has 4 rings (SSSR count). The van der Waals surface area contributed by atoms with Crippen LogP contribution < -0.4 is 10.2 Å². The van der Waals surface area contributed by atoms with Crippen molar-refractivity contribution in [1.29, 1.82) is 0 Å². The smallest absolute Gasteiger partial charge is 0.136 e. The molecule has 0 spiro atoms. The second-order valence-electron chi connectivity index (χ2n) is 6.50. The number of anilines is 1. The Kier molecular flexibility index (Phi) is 3.52. The van der Waals surface area contributed by atoms with Gasteiger partial charge in [-0.25, -0.2) is 4.98 Å². The van der Waals surface area contributed by atoms with Gasteiger partial charge in [0.25, 0.3) is 0 Å². The Morgan fingerprint density at radius 3 is 2.81 bits per heavy atom. The molecule has 1 aromatic carbocycles. The molecule has 1 saturated heterocycles. The second-order valence-corrected chi connectivity index (χ2v) is 6.50.